The van der Waals surface area contributed by atoms with E-state index in [1.165, 1.54) is 24.3 Å². The van der Waals surface area contributed by atoms with Crippen molar-refractivity contribution in [3.8, 4) is 0 Å². The number of carbonyl (C=O) groups excluding carboxylic acids is 2. The first-order valence-electron chi connectivity index (χ1n) is 10.4. The lowest BCUT2D eigenvalue weighted by molar-refractivity contribution is -0.137. The third kappa shape index (κ3) is 4.96. The highest BCUT2D eigenvalue weighted by molar-refractivity contribution is 6.44. The van der Waals surface area contributed by atoms with Crippen molar-refractivity contribution in [3.05, 3.63) is 53.8 Å². The lowest BCUT2D eigenvalue weighted by Gasteiger charge is -2.29. The fraction of sp³-hybridized carbons (Fsp3) is 0.318. The van der Waals surface area contributed by atoms with Gasteiger partial charge in [0.2, 0.25) is 5.91 Å². The van der Waals surface area contributed by atoms with Gasteiger partial charge in [-0.05, 0) is 42.5 Å². The van der Waals surface area contributed by atoms with E-state index in [1.807, 2.05) is 0 Å². The van der Waals surface area contributed by atoms with Crippen LogP contribution in [-0.4, -0.2) is 49.9 Å². The van der Waals surface area contributed by atoms with Crippen molar-refractivity contribution in [3.63, 3.8) is 0 Å². The molecular formula is C22H21F4N5O3. The molecule has 2 aliphatic rings. The van der Waals surface area contributed by atoms with Crippen molar-refractivity contribution in [2.75, 3.05) is 41.5 Å². The minimum atomic E-state index is -4.72. The van der Waals surface area contributed by atoms with E-state index in [2.05, 4.69) is 10.4 Å². The van der Waals surface area contributed by atoms with E-state index in [-0.39, 0.29) is 12.1 Å². The van der Waals surface area contributed by atoms with Crippen LogP contribution in [0.5, 0.6) is 0 Å². The number of nitrogens with zero attached hydrogens (tertiary/aromatic N) is 3. The number of morpholine rings is 1. The molecule has 2 aromatic carbocycles. The molecule has 0 radical (unpaired) electrons. The van der Waals surface area contributed by atoms with Crippen LogP contribution in [-0.2, 0) is 20.5 Å². The number of halogens is 4. The predicted octanol–water partition coefficient (Wildman–Crippen LogP) is 2.74. The van der Waals surface area contributed by atoms with Crippen LogP contribution < -0.4 is 21.0 Å². The largest absolute Gasteiger partial charge is 0.418 e. The molecule has 180 valence electrons. The summed E-state index contributed by atoms with van der Waals surface area (Å²) in [5.41, 5.74) is 4.46. The number of benzene rings is 2. The molecule has 12 heteroatoms. The molecule has 1 atom stereocenters. The topological polar surface area (TPSA) is 100 Å². The van der Waals surface area contributed by atoms with E-state index in [9.17, 15) is 27.2 Å². The molecule has 4 rings (SSSR count). The zero-order chi connectivity index (χ0) is 24.5. The molecule has 8 nitrogen and oxygen atoms in total. The molecule has 0 bridgehead atoms. The number of nitrogens with one attached hydrogen (secondary N) is 1. The van der Waals surface area contributed by atoms with Crippen LogP contribution in [0, 0.1) is 5.82 Å². The second kappa shape index (κ2) is 9.29. The molecule has 2 heterocycles. The number of anilines is 3. The third-order valence-corrected chi connectivity index (χ3v) is 5.53. The minimum absolute atomic E-state index is 0.182. The summed E-state index contributed by atoms with van der Waals surface area (Å²) in [7, 11) is 0. The van der Waals surface area contributed by atoms with Crippen molar-refractivity contribution >= 4 is 34.6 Å². The first kappa shape index (κ1) is 23.5. The van der Waals surface area contributed by atoms with Gasteiger partial charge < -0.3 is 20.7 Å². The highest BCUT2D eigenvalue weighted by Gasteiger charge is 2.38. The number of ether oxygens (including phenoxy) is 1. The van der Waals surface area contributed by atoms with Crippen molar-refractivity contribution < 1.29 is 31.9 Å². The Balaban J connectivity index is 1.59. The normalized spacial score (nSPS) is 18.6. The monoisotopic (exact) mass is 479 g/mol. The quantitative estimate of drug-likeness (QED) is 0.643. The fourth-order valence-corrected chi connectivity index (χ4v) is 3.79. The van der Waals surface area contributed by atoms with Gasteiger partial charge in [-0.1, -0.05) is 0 Å². The first-order chi connectivity index (χ1) is 16.1. The number of primary amides is 1. The summed E-state index contributed by atoms with van der Waals surface area (Å²) in [5.74, 6) is -2.21. The zero-order valence-electron chi connectivity index (χ0n) is 17.8. The average molecular weight is 479 g/mol. The molecule has 0 spiro atoms. The SMILES string of the molecule is NC(=O)C1CC(C(=O)Nc2ccc(N3CCOCC3)cc2C(F)(F)F)=NN1c1ccc(F)cc1. The van der Waals surface area contributed by atoms with Gasteiger partial charge in [0.1, 0.15) is 17.6 Å². The highest BCUT2D eigenvalue weighted by atomic mass is 19.4. The Labute approximate surface area is 191 Å². The summed E-state index contributed by atoms with van der Waals surface area (Å²) >= 11 is 0. The summed E-state index contributed by atoms with van der Waals surface area (Å²) in [6.07, 6.45) is -4.94. The molecule has 1 saturated heterocycles. The van der Waals surface area contributed by atoms with Crippen LogP contribution in [0.3, 0.4) is 0 Å². The molecule has 0 aromatic heterocycles. The first-order valence-corrected chi connectivity index (χ1v) is 10.4. The van der Waals surface area contributed by atoms with E-state index in [0.717, 1.165) is 23.2 Å². The maximum absolute atomic E-state index is 13.8. The van der Waals surface area contributed by atoms with Gasteiger partial charge in [0, 0.05) is 25.2 Å². The van der Waals surface area contributed by atoms with Gasteiger partial charge >= 0.3 is 6.18 Å². The Morgan fingerprint density at radius 2 is 1.71 bits per heavy atom. The number of alkyl halides is 3. The Hall–Kier alpha value is -3.67. The number of nitrogens with two attached hydrogens (primary N) is 1. The molecule has 2 amide bonds. The summed E-state index contributed by atoms with van der Waals surface area (Å²) in [4.78, 5) is 26.5. The van der Waals surface area contributed by atoms with Crippen LogP contribution in [0.15, 0.2) is 47.6 Å². The van der Waals surface area contributed by atoms with Crippen LogP contribution in [0.25, 0.3) is 0 Å². The van der Waals surface area contributed by atoms with Gasteiger partial charge in [-0.25, -0.2) is 4.39 Å². The van der Waals surface area contributed by atoms with E-state index in [1.54, 1.807) is 4.90 Å². The molecule has 1 fully saturated rings. The number of hydrogen-bond donors (Lipinski definition) is 2. The molecule has 3 N–H and O–H groups in total. The average Bonchev–Trinajstić information content (AvgIpc) is 3.26. The van der Waals surface area contributed by atoms with Crippen molar-refractivity contribution in [1.82, 2.24) is 0 Å². The van der Waals surface area contributed by atoms with Crippen LogP contribution >= 0.6 is 0 Å². The molecule has 2 aromatic rings. The molecule has 0 aliphatic carbocycles. The van der Waals surface area contributed by atoms with Gasteiger partial charge in [-0.3, -0.25) is 14.6 Å². The number of rotatable bonds is 5. The maximum atomic E-state index is 13.8. The van der Waals surface area contributed by atoms with Crippen molar-refractivity contribution in [2.45, 2.75) is 18.6 Å². The Kier molecular flexibility index (Phi) is 6.42. The third-order valence-electron chi connectivity index (χ3n) is 5.53. The highest BCUT2D eigenvalue weighted by Crippen LogP contribution is 2.38. The summed E-state index contributed by atoms with van der Waals surface area (Å²) < 4.78 is 59.8. The van der Waals surface area contributed by atoms with Crippen molar-refractivity contribution in [1.29, 1.82) is 0 Å². The lowest BCUT2D eigenvalue weighted by atomic mass is 10.1. The molecule has 34 heavy (non-hydrogen) atoms. The second-order valence-corrected chi connectivity index (χ2v) is 7.77. The smallest absolute Gasteiger partial charge is 0.378 e. The van der Waals surface area contributed by atoms with E-state index >= 15 is 0 Å². The zero-order valence-corrected chi connectivity index (χ0v) is 17.8. The van der Waals surface area contributed by atoms with Gasteiger partial charge in [0.25, 0.3) is 5.91 Å². The summed E-state index contributed by atoms with van der Waals surface area (Å²) in [6.45, 7) is 1.72. The molecule has 0 saturated carbocycles. The van der Waals surface area contributed by atoms with Gasteiger partial charge in [-0.2, -0.15) is 18.3 Å². The summed E-state index contributed by atoms with van der Waals surface area (Å²) in [5, 5.41) is 7.49. The molecular weight excluding hydrogens is 458 g/mol. The number of amides is 2. The van der Waals surface area contributed by atoms with Crippen LogP contribution in [0.1, 0.15) is 12.0 Å². The van der Waals surface area contributed by atoms with Gasteiger partial charge in [0.05, 0.1) is 30.2 Å². The summed E-state index contributed by atoms with van der Waals surface area (Å²) in [6, 6.07) is 7.60. The van der Waals surface area contributed by atoms with Crippen molar-refractivity contribution in [2.24, 2.45) is 10.8 Å². The van der Waals surface area contributed by atoms with E-state index in [0.29, 0.717) is 37.7 Å². The minimum Gasteiger partial charge on any atom is -0.378 e. The van der Waals surface area contributed by atoms with E-state index in [4.69, 9.17) is 10.5 Å². The van der Waals surface area contributed by atoms with Gasteiger partial charge in [-0.15, -0.1) is 0 Å². The molecule has 1 unspecified atom stereocenters. The fourth-order valence-electron chi connectivity index (χ4n) is 3.79. The van der Waals surface area contributed by atoms with Crippen LogP contribution in [0.2, 0.25) is 0 Å². The Bertz CT molecular complexity index is 1110. The number of carbonyl (C=O) groups is 2. The second-order valence-electron chi connectivity index (χ2n) is 7.77. The Morgan fingerprint density at radius 3 is 2.32 bits per heavy atom. The Morgan fingerprint density at radius 1 is 1.06 bits per heavy atom. The maximum Gasteiger partial charge on any atom is 0.418 e. The number of hydrazone groups is 1. The molecule has 2 aliphatic heterocycles. The standard InChI is InChI=1S/C22H21F4N5O3/c23-13-1-3-14(4-2-13)31-19(20(27)32)12-18(29-31)21(33)28-17-6-5-15(11-16(17)22(24,25)26)30-7-9-34-10-8-30/h1-6,11,19H,7-10,12H2,(H2,27,32)(H,28,33). The van der Waals surface area contributed by atoms with Crippen LogP contribution in [0.4, 0.5) is 34.6 Å². The predicted molar refractivity (Wildman–Crippen MR) is 117 cm³/mol. The number of hydrogen-bond acceptors (Lipinski definition) is 6. The lowest BCUT2D eigenvalue weighted by Crippen LogP contribution is -2.39. The van der Waals surface area contributed by atoms with Gasteiger partial charge in [0.15, 0.2) is 0 Å². The van der Waals surface area contributed by atoms with E-state index < -0.39 is 41.1 Å².